The summed E-state index contributed by atoms with van der Waals surface area (Å²) in [5.74, 6) is 0.0240. The van der Waals surface area contributed by atoms with Crippen molar-refractivity contribution >= 4 is 21.6 Å². The van der Waals surface area contributed by atoms with Gasteiger partial charge >= 0.3 is 0 Å². The van der Waals surface area contributed by atoms with Crippen molar-refractivity contribution in [3.05, 3.63) is 89.2 Å². The van der Waals surface area contributed by atoms with Crippen LogP contribution >= 0.6 is 0 Å². The molecule has 0 radical (unpaired) electrons. The Kier molecular flexibility index (Phi) is 8.17. The second-order valence-corrected chi connectivity index (χ2v) is 10.6. The van der Waals surface area contributed by atoms with E-state index < -0.39 is 28.3 Å². The van der Waals surface area contributed by atoms with E-state index in [0.29, 0.717) is 0 Å². The summed E-state index contributed by atoms with van der Waals surface area (Å²) in [5.41, 5.74) is 3.09. The van der Waals surface area contributed by atoms with E-state index in [2.05, 4.69) is 19.2 Å². The van der Waals surface area contributed by atoms with Gasteiger partial charge in [-0.25, -0.2) is 12.8 Å². The van der Waals surface area contributed by atoms with E-state index in [1.54, 1.807) is 25.3 Å². The van der Waals surface area contributed by atoms with Crippen LogP contribution in [0.1, 0.15) is 49.4 Å². The molecule has 0 fully saturated rings. The van der Waals surface area contributed by atoms with Crippen LogP contribution in [-0.4, -0.2) is 28.0 Å². The van der Waals surface area contributed by atoms with Crippen molar-refractivity contribution in [2.75, 3.05) is 18.0 Å². The first-order valence-electron chi connectivity index (χ1n) is 11.4. The molecule has 0 bridgehead atoms. The third kappa shape index (κ3) is 6.00. The summed E-state index contributed by atoms with van der Waals surface area (Å²) in [7, 11) is -2.44. The highest BCUT2D eigenvalue weighted by Gasteiger charge is 2.28. The van der Waals surface area contributed by atoms with E-state index in [4.69, 9.17) is 4.74 Å². The van der Waals surface area contributed by atoms with Crippen LogP contribution in [0.4, 0.5) is 10.1 Å². The Morgan fingerprint density at radius 2 is 1.63 bits per heavy atom. The Bertz CT molecular complexity index is 1280. The number of anilines is 1. The Balaban J connectivity index is 1.90. The van der Waals surface area contributed by atoms with Crippen LogP contribution in [0, 0.1) is 12.7 Å². The summed E-state index contributed by atoms with van der Waals surface area (Å²) in [6.07, 6.45) is 0. The highest BCUT2D eigenvalue weighted by Crippen LogP contribution is 2.32. The molecule has 1 amide bonds. The van der Waals surface area contributed by atoms with E-state index in [1.165, 1.54) is 24.3 Å². The number of rotatable bonds is 9. The standard InChI is InChI=1S/C27H31FN2O4S/c1-18(2)24-16-25(19(3)15-26(24)34-5)20(4)29-27(31)17-30(22-13-11-21(28)12-14-22)35(32,33)23-9-7-6-8-10-23/h6-16,18,20H,17H2,1-5H3,(H,29,31). The Morgan fingerprint density at radius 1 is 1.00 bits per heavy atom. The minimum Gasteiger partial charge on any atom is -0.496 e. The van der Waals surface area contributed by atoms with Crippen molar-refractivity contribution in [1.82, 2.24) is 5.32 Å². The van der Waals surface area contributed by atoms with Gasteiger partial charge in [0.15, 0.2) is 0 Å². The number of benzene rings is 3. The van der Waals surface area contributed by atoms with E-state index in [0.717, 1.165) is 38.9 Å². The maximum Gasteiger partial charge on any atom is 0.264 e. The van der Waals surface area contributed by atoms with Gasteiger partial charge in [0, 0.05) is 0 Å². The molecule has 0 saturated heterocycles. The van der Waals surface area contributed by atoms with Gasteiger partial charge in [-0.05, 0) is 85.0 Å². The Labute approximate surface area is 206 Å². The third-order valence-electron chi connectivity index (χ3n) is 5.82. The zero-order chi connectivity index (χ0) is 25.8. The first-order valence-corrected chi connectivity index (χ1v) is 12.8. The van der Waals surface area contributed by atoms with Crippen LogP contribution in [0.25, 0.3) is 0 Å². The minimum absolute atomic E-state index is 0.0396. The second-order valence-electron chi connectivity index (χ2n) is 8.70. The largest absolute Gasteiger partial charge is 0.496 e. The molecule has 3 aromatic rings. The van der Waals surface area contributed by atoms with Crippen molar-refractivity contribution in [2.24, 2.45) is 0 Å². The van der Waals surface area contributed by atoms with Gasteiger partial charge in [-0.2, -0.15) is 0 Å². The van der Waals surface area contributed by atoms with Crippen molar-refractivity contribution in [3.8, 4) is 5.75 Å². The van der Waals surface area contributed by atoms with Gasteiger partial charge in [0.25, 0.3) is 10.0 Å². The lowest BCUT2D eigenvalue weighted by atomic mass is 9.93. The molecule has 3 aromatic carbocycles. The lowest BCUT2D eigenvalue weighted by Crippen LogP contribution is -2.41. The summed E-state index contributed by atoms with van der Waals surface area (Å²) in [4.78, 5) is 13.1. The predicted octanol–water partition coefficient (Wildman–Crippen LogP) is 5.34. The molecule has 0 aliphatic rings. The fraction of sp³-hybridized carbons (Fsp3) is 0.296. The number of methoxy groups -OCH3 is 1. The molecule has 0 saturated carbocycles. The van der Waals surface area contributed by atoms with Gasteiger partial charge in [0.05, 0.1) is 23.7 Å². The number of aryl methyl sites for hydroxylation is 1. The minimum atomic E-state index is -4.06. The van der Waals surface area contributed by atoms with Crippen LogP contribution in [-0.2, 0) is 14.8 Å². The van der Waals surface area contributed by atoms with Crippen LogP contribution in [0.15, 0.2) is 71.6 Å². The zero-order valence-electron chi connectivity index (χ0n) is 20.6. The number of nitrogens with one attached hydrogen (secondary N) is 1. The summed E-state index contributed by atoms with van der Waals surface area (Å²) in [6.45, 7) is 7.46. The monoisotopic (exact) mass is 498 g/mol. The smallest absolute Gasteiger partial charge is 0.264 e. The fourth-order valence-electron chi connectivity index (χ4n) is 3.95. The number of hydrogen-bond acceptors (Lipinski definition) is 4. The normalized spacial score (nSPS) is 12.3. The van der Waals surface area contributed by atoms with E-state index in [1.807, 2.05) is 26.0 Å². The van der Waals surface area contributed by atoms with E-state index >= 15 is 0 Å². The van der Waals surface area contributed by atoms with Crippen LogP contribution in [0.2, 0.25) is 0 Å². The van der Waals surface area contributed by atoms with Crippen molar-refractivity contribution in [1.29, 1.82) is 0 Å². The molecular weight excluding hydrogens is 467 g/mol. The van der Waals surface area contributed by atoms with Crippen LogP contribution < -0.4 is 14.4 Å². The summed E-state index contributed by atoms with van der Waals surface area (Å²) in [5, 5.41) is 2.92. The van der Waals surface area contributed by atoms with Crippen molar-refractivity contribution in [3.63, 3.8) is 0 Å². The van der Waals surface area contributed by atoms with Crippen LogP contribution in [0.3, 0.4) is 0 Å². The number of nitrogens with zero attached hydrogens (tertiary/aromatic N) is 1. The molecule has 6 nitrogen and oxygen atoms in total. The molecule has 35 heavy (non-hydrogen) atoms. The average Bonchev–Trinajstić information content (AvgIpc) is 2.83. The highest BCUT2D eigenvalue weighted by atomic mass is 32.2. The van der Waals surface area contributed by atoms with Crippen molar-refractivity contribution < 1.29 is 22.3 Å². The molecule has 0 aliphatic heterocycles. The SMILES string of the molecule is COc1cc(C)c(C(C)NC(=O)CN(c2ccc(F)cc2)S(=O)(=O)c2ccccc2)cc1C(C)C. The molecule has 1 atom stereocenters. The number of hydrogen-bond donors (Lipinski definition) is 1. The zero-order valence-corrected chi connectivity index (χ0v) is 21.4. The van der Waals surface area contributed by atoms with E-state index in [9.17, 15) is 17.6 Å². The van der Waals surface area contributed by atoms with Gasteiger partial charge in [0.1, 0.15) is 18.1 Å². The number of halogens is 1. The lowest BCUT2D eigenvalue weighted by Gasteiger charge is -2.26. The van der Waals surface area contributed by atoms with Crippen molar-refractivity contribution in [2.45, 2.75) is 44.6 Å². The second kappa shape index (κ2) is 10.9. The van der Waals surface area contributed by atoms with Gasteiger partial charge < -0.3 is 10.1 Å². The Hall–Kier alpha value is -3.39. The van der Waals surface area contributed by atoms with Gasteiger partial charge in [-0.15, -0.1) is 0 Å². The van der Waals surface area contributed by atoms with Gasteiger partial charge in [-0.3, -0.25) is 9.10 Å². The number of ether oxygens (including phenoxy) is 1. The molecule has 0 aromatic heterocycles. The quantitative estimate of drug-likeness (QED) is 0.432. The first kappa shape index (κ1) is 26.2. The summed E-state index contributed by atoms with van der Waals surface area (Å²) in [6, 6.07) is 16.4. The number of amides is 1. The van der Waals surface area contributed by atoms with Crippen LogP contribution in [0.5, 0.6) is 5.75 Å². The summed E-state index contributed by atoms with van der Waals surface area (Å²) >= 11 is 0. The predicted molar refractivity (Wildman–Crippen MR) is 136 cm³/mol. The molecular formula is C27H31FN2O4S. The van der Waals surface area contributed by atoms with E-state index in [-0.39, 0.29) is 22.5 Å². The van der Waals surface area contributed by atoms with Gasteiger partial charge in [-0.1, -0.05) is 32.0 Å². The molecule has 0 heterocycles. The molecule has 1 N–H and O–H groups in total. The topological polar surface area (TPSA) is 75.7 Å². The van der Waals surface area contributed by atoms with Gasteiger partial charge in [0.2, 0.25) is 5.91 Å². The number of carbonyl (C=O) groups is 1. The third-order valence-corrected chi connectivity index (χ3v) is 7.61. The maximum absolute atomic E-state index is 13.5. The summed E-state index contributed by atoms with van der Waals surface area (Å²) < 4.78 is 46.8. The molecule has 8 heteroatoms. The number of carbonyl (C=O) groups excluding carboxylic acids is 1. The molecule has 1 unspecified atom stereocenters. The first-order chi connectivity index (χ1) is 16.5. The lowest BCUT2D eigenvalue weighted by molar-refractivity contribution is -0.120. The highest BCUT2D eigenvalue weighted by molar-refractivity contribution is 7.92. The molecule has 0 spiro atoms. The molecule has 0 aliphatic carbocycles. The molecule has 186 valence electrons. The molecule has 3 rings (SSSR count). The fourth-order valence-corrected chi connectivity index (χ4v) is 5.39. The number of sulfonamides is 1. The maximum atomic E-state index is 13.5. The Morgan fingerprint density at radius 3 is 2.20 bits per heavy atom. The average molecular weight is 499 g/mol.